The van der Waals surface area contributed by atoms with E-state index in [9.17, 15) is 4.39 Å². The molecule has 0 aliphatic rings. The number of halogens is 1. The van der Waals surface area contributed by atoms with Crippen LogP contribution in [0.1, 0.15) is 20.3 Å². The van der Waals surface area contributed by atoms with Gasteiger partial charge in [0.2, 0.25) is 0 Å². The molecule has 1 atom stereocenters. The highest BCUT2D eigenvalue weighted by Gasteiger charge is 2.05. The van der Waals surface area contributed by atoms with E-state index in [1.54, 1.807) is 19.2 Å². The van der Waals surface area contributed by atoms with Gasteiger partial charge in [0.1, 0.15) is 17.7 Å². The van der Waals surface area contributed by atoms with Gasteiger partial charge in [-0.05, 0) is 44.5 Å². The zero-order chi connectivity index (χ0) is 15.5. The van der Waals surface area contributed by atoms with Crippen molar-refractivity contribution >= 4 is 5.96 Å². The number of nitrogens with zero attached hydrogens (tertiary/aromatic N) is 1. The lowest BCUT2D eigenvalue weighted by Crippen LogP contribution is -2.42. The number of ether oxygens (including phenoxy) is 1. The van der Waals surface area contributed by atoms with Gasteiger partial charge in [-0.2, -0.15) is 0 Å². The Morgan fingerprint density at radius 1 is 1.33 bits per heavy atom. The van der Waals surface area contributed by atoms with Crippen LogP contribution >= 0.6 is 0 Å². The third kappa shape index (κ3) is 7.34. The van der Waals surface area contributed by atoms with Crippen LogP contribution in [-0.4, -0.2) is 32.2 Å². The Morgan fingerprint density at radius 2 is 2.05 bits per heavy atom. The van der Waals surface area contributed by atoms with Crippen molar-refractivity contribution in [3.63, 3.8) is 0 Å². The summed E-state index contributed by atoms with van der Waals surface area (Å²) in [4.78, 5) is 4.14. The maximum absolute atomic E-state index is 12.8. The summed E-state index contributed by atoms with van der Waals surface area (Å²) in [5.74, 6) is 1.13. The third-order valence-electron chi connectivity index (χ3n) is 2.77. The number of aliphatic imine (C=N–C) groups is 1. The summed E-state index contributed by atoms with van der Waals surface area (Å²) >= 11 is 0. The van der Waals surface area contributed by atoms with Gasteiger partial charge in [0, 0.05) is 13.6 Å². The van der Waals surface area contributed by atoms with Crippen LogP contribution < -0.4 is 15.4 Å². The lowest BCUT2D eigenvalue weighted by molar-refractivity contribution is 0.223. The second-order valence-electron chi connectivity index (χ2n) is 4.62. The van der Waals surface area contributed by atoms with Gasteiger partial charge in [-0.3, -0.25) is 4.99 Å². The van der Waals surface area contributed by atoms with Gasteiger partial charge in [-0.15, -0.1) is 0 Å². The van der Waals surface area contributed by atoms with Crippen molar-refractivity contribution in [1.29, 1.82) is 0 Å². The fraction of sp³-hybridized carbons (Fsp3) is 0.438. The number of hydrogen-bond acceptors (Lipinski definition) is 2. The van der Waals surface area contributed by atoms with E-state index in [0.29, 0.717) is 12.3 Å². The molecule has 1 aromatic rings. The number of guanidine groups is 1. The van der Waals surface area contributed by atoms with Crippen LogP contribution in [0, 0.1) is 5.82 Å². The molecule has 0 fully saturated rings. The normalized spacial score (nSPS) is 13.2. The fourth-order valence-electron chi connectivity index (χ4n) is 1.69. The molecule has 1 rings (SSSR count). The van der Waals surface area contributed by atoms with Gasteiger partial charge < -0.3 is 15.4 Å². The average molecular weight is 293 g/mol. The second kappa shape index (κ2) is 9.80. The summed E-state index contributed by atoms with van der Waals surface area (Å²) in [5, 5.41) is 6.41. The Hall–Kier alpha value is -2.04. The second-order valence-corrected chi connectivity index (χ2v) is 4.62. The van der Waals surface area contributed by atoms with Crippen molar-refractivity contribution in [3.8, 4) is 5.75 Å². The van der Waals surface area contributed by atoms with E-state index in [-0.39, 0.29) is 11.9 Å². The minimum absolute atomic E-state index is 0.0513. The minimum atomic E-state index is -0.265. The first-order chi connectivity index (χ1) is 10.2. The molecule has 0 bridgehead atoms. The maximum atomic E-state index is 12.8. The molecule has 1 unspecified atom stereocenters. The molecule has 1 aromatic carbocycles. The van der Waals surface area contributed by atoms with Crippen LogP contribution in [0.5, 0.6) is 5.75 Å². The standard InChI is InChI=1S/C16H24FN3O/c1-4-5-6-11-19-16(18-3)20-12-13(2)21-15-9-7-14(17)8-10-15/h4-5,7-10,13H,6,11-12H2,1-3H3,(H2,18,19,20)/b5-4+. The van der Waals surface area contributed by atoms with E-state index in [4.69, 9.17) is 4.74 Å². The van der Waals surface area contributed by atoms with Crippen molar-refractivity contribution in [2.24, 2.45) is 4.99 Å². The molecule has 4 nitrogen and oxygen atoms in total. The molecule has 0 amide bonds. The monoisotopic (exact) mass is 293 g/mol. The van der Waals surface area contributed by atoms with Gasteiger partial charge in [-0.25, -0.2) is 4.39 Å². The number of hydrogen-bond donors (Lipinski definition) is 2. The quantitative estimate of drug-likeness (QED) is 0.352. The van der Waals surface area contributed by atoms with E-state index in [2.05, 4.69) is 21.7 Å². The molecule has 0 saturated carbocycles. The summed E-state index contributed by atoms with van der Waals surface area (Å²) in [6.45, 7) is 5.39. The average Bonchev–Trinajstić information content (AvgIpc) is 2.49. The van der Waals surface area contributed by atoms with Crippen molar-refractivity contribution < 1.29 is 9.13 Å². The van der Waals surface area contributed by atoms with Crippen LogP contribution in [0.4, 0.5) is 4.39 Å². The molecule has 0 aliphatic heterocycles. The molecule has 0 aromatic heterocycles. The Bertz CT molecular complexity index is 457. The van der Waals surface area contributed by atoms with E-state index in [0.717, 1.165) is 18.9 Å². The number of allylic oxidation sites excluding steroid dienone is 1. The number of nitrogens with one attached hydrogen (secondary N) is 2. The lowest BCUT2D eigenvalue weighted by atomic mass is 10.3. The smallest absolute Gasteiger partial charge is 0.191 e. The number of rotatable bonds is 7. The molecule has 116 valence electrons. The predicted molar refractivity (Wildman–Crippen MR) is 85.3 cm³/mol. The molecule has 0 heterocycles. The van der Waals surface area contributed by atoms with E-state index >= 15 is 0 Å². The van der Waals surface area contributed by atoms with E-state index < -0.39 is 0 Å². The summed E-state index contributed by atoms with van der Waals surface area (Å²) in [6.07, 6.45) is 5.03. The SMILES string of the molecule is C/C=C/CCNC(=NC)NCC(C)Oc1ccc(F)cc1. The molecule has 0 aliphatic carbocycles. The molecular formula is C16H24FN3O. The Kier molecular flexibility index (Phi) is 7.94. The van der Waals surface area contributed by atoms with Gasteiger partial charge >= 0.3 is 0 Å². The zero-order valence-corrected chi connectivity index (χ0v) is 12.9. The highest BCUT2D eigenvalue weighted by molar-refractivity contribution is 5.79. The predicted octanol–water partition coefficient (Wildman–Crippen LogP) is 2.72. The molecule has 0 radical (unpaired) electrons. The Balaban J connectivity index is 2.30. The zero-order valence-electron chi connectivity index (χ0n) is 12.9. The first kappa shape index (κ1) is 17.0. The molecule has 0 spiro atoms. The van der Waals surface area contributed by atoms with Crippen LogP contribution in [0.15, 0.2) is 41.4 Å². The topological polar surface area (TPSA) is 45.7 Å². The Morgan fingerprint density at radius 3 is 2.67 bits per heavy atom. The first-order valence-corrected chi connectivity index (χ1v) is 7.13. The summed E-state index contributed by atoms with van der Waals surface area (Å²) in [7, 11) is 1.73. The number of benzene rings is 1. The fourth-order valence-corrected chi connectivity index (χ4v) is 1.69. The van der Waals surface area contributed by atoms with Gasteiger partial charge in [0.15, 0.2) is 5.96 Å². The summed E-state index contributed by atoms with van der Waals surface area (Å²) in [6, 6.07) is 6.01. The van der Waals surface area contributed by atoms with E-state index in [1.165, 1.54) is 12.1 Å². The van der Waals surface area contributed by atoms with Crippen LogP contribution in [0.2, 0.25) is 0 Å². The van der Waals surface area contributed by atoms with Crippen molar-refractivity contribution in [3.05, 3.63) is 42.2 Å². The molecular weight excluding hydrogens is 269 g/mol. The third-order valence-corrected chi connectivity index (χ3v) is 2.77. The highest BCUT2D eigenvalue weighted by atomic mass is 19.1. The highest BCUT2D eigenvalue weighted by Crippen LogP contribution is 2.12. The van der Waals surface area contributed by atoms with Crippen LogP contribution in [-0.2, 0) is 0 Å². The van der Waals surface area contributed by atoms with Gasteiger partial charge in [0.05, 0.1) is 6.54 Å². The van der Waals surface area contributed by atoms with Gasteiger partial charge in [-0.1, -0.05) is 12.2 Å². The minimum Gasteiger partial charge on any atom is -0.489 e. The Labute approximate surface area is 126 Å². The van der Waals surface area contributed by atoms with Crippen molar-refractivity contribution in [2.75, 3.05) is 20.1 Å². The van der Waals surface area contributed by atoms with Gasteiger partial charge in [0.25, 0.3) is 0 Å². The maximum Gasteiger partial charge on any atom is 0.191 e. The van der Waals surface area contributed by atoms with Crippen LogP contribution in [0.25, 0.3) is 0 Å². The molecule has 2 N–H and O–H groups in total. The van der Waals surface area contributed by atoms with Crippen molar-refractivity contribution in [1.82, 2.24) is 10.6 Å². The summed E-state index contributed by atoms with van der Waals surface area (Å²) < 4.78 is 18.5. The molecule has 0 saturated heterocycles. The first-order valence-electron chi connectivity index (χ1n) is 7.13. The summed E-state index contributed by atoms with van der Waals surface area (Å²) in [5.41, 5.74) is 0. The largest absolute Gasteiger partial charge is 0.489 e. The molecule has 21 heavy (non-hydrogen) atoms. The van der Waals surface area contributed by atoms with E-state index in [1.807, 2.05) is 19.9 Å². The lowest BCUT2D eigenvalue weighted by Gasteiger charge is -2.17. The van der Waals surface area contributed by atoms with Crippen LogP contribution in [0.3, 0.4) is 0 Å². The molecule has 5 heteroatoms. The van der Waals surface area contributed by atoms with Crippen molar-refractivity contribution in [2.45, 2.75) is 26.4 Å².